The molecular weight excluding hydrogens is 268 g/mol. The first-order valence-corrected chi connectivity index (χ1v) is 7.91. The van der Waals surface area contributed by atoms with E-state index in [1.54, 1.807) is 0 Å². The zero-order valence-corrected chi connectivity index (χ0v) is 13.2. The van der Waals surface area contributed by atoms with Gasteiger partial charge in [-0.25, -0.2) is 0 Å². The van der Waals surface area contributed by atoms with E-state index in [0.29, 0.717) is 24.2 Å². The summed E-state index contributed by atoms with van der Waals surface area (Å²) in [5, 5.41) is 5.08. The highest BCUT2D eigenvalue weighted by Crippen LogP contribution is 2.39. The minimum absolute atomic E-state index is 0.00836. The monoisotopic (exact) mass is 294 g/mol. The van der Waals surface area contributed by atoms with Crippen LogP contribution in [-0.2, 0) is 14.4 Å². The van der Waals surface area contributed by atoms with Crippen LogP contribution in [0.25, 0.3) is 0 Å². The summed E-state index contributed by atoms with van der Waals surface area (Å²) in [4.78, 5) is 35.0. The zero-order valence-electron chi connectivity index (χ0n) is 13.2. The maximum absolute atomic E-state index is 12.3. The lowest BCUT2D eigenvalue weighted by atomic mass is 9.69. The number of rotatable bonds is 2. The van der Waals surface area contributed by atoms with Crippen molar-refractivity contribution >= 4 is 17.7 Å². The molecule has 1 atom stereocenters. The highest BCUT2D eigenvalue weighted by molar-refractivity contribution is 6.01. The molecule has 0 radical (unpaired) electrons. The van der Waals surface area contributed by atoms with Gasteiger partial charge in [-0.3, -0.25) is 19.7 Å². The van der Waals surface area contributed by atoms with Crippen molar-refractivity contribution in [2.45, 2.75) is 65.3 Å². The van der Waals surface area contributed by atoms with Crippen molar-refractivity contribution in [3.05, 3.63) is 0 Å². The standard InChI is InChI=1S/C16H26N2O3/c1-16(2,3)11-6-4-10(5-7-11)14(20)17-12-8-9-13(19)18-15(12)21/h10-12H,4-9H2,1-3H3,(H,17,20)(H,18,19,21). The van der Waals surface area contributed by atoms with Crippen molar-refractivity contribution in [3.8, 4) is 0 Å². The molecule has 1 saturated carbocycles. The smallest absolute Gasteiger partial charge is 0.249 e. The van der Waals surface area contributed by atoms with Crippen LogP contribution in [0.1, 0.15) is 59.3 Å². The van der Waals surface area contributed by atoms with E-state index >= 15 is 0 Å². The second-order valence-electron chi connectivity index (χ2n) is 7.43. The Labute approximate surface area is 126 Å². The maximum Gasteiger partial charge on any atom is 0.249 e. The van der Waals surface area contributed by atoms with E-state index < -0.39 is 6.04 Å². The van der Waals surface area contributed by atoms with Crippen molar-refractivity contribution in [1.29, 1.82) is 0 Å². The van der Waals surface area contributed by atoms with Crippen LogP contribution in [0, 0.1) is 17.3 Å². The van der Waals surface area contributed by atoms with Gasteiger partial charge in [0.2, 0.25) is 17.7 Å². The summed E-state index contributed by atoms with van der Waals surface area (Å²) in [7, 11) is 0. The quantitative estimate of drug-likeness (QED) is 0.762. The number of hydrogen-bond acceptors (Lipinski definition) is 3. The Morgan fingerprint density at radius 1 is 1.10 bits per heavy atom. The molecule has 0 spiro atoms. The van der Waals surface area contributed by atoms with E-state index in [2.05, 4.69) is 31.4 Å². The molecule has 5 nitrogen and oxygen atoms in total. The van der Waals surface area contributed by atoms with Gasteiger partial charge in [-0.2, -0.15) is 0 Å². The van der Waals surface area contributed by atoms with Gasteiger partial charge in [0, 0.05) is 12.3 Å². The number of nitrogens with one attached hydrogen (secondary N) is 2. The fourth-order valence-electron chi connectivity index (χ4n) is 3.34. The van der Waals surface area contributed by atoms with Crippen molar-refractivity contribution in [3.63, 3.8) is 0 Å². The molecule has 0 aromatic rings. The molecule has 118 valence electrons. The Bertz CT molecular complexity index is 431. The molecule has 2 rings (SSSR count). The Balaban J connectivity index is 1.82. The van der Waals surface area contributed by atoms with Crippen LogP contribution in [0.2, 0.25) is 0 Å². The minimum atomic E-state index is -0.546. The Kier molecular flexibility index (Phi) is 4.69. The fourth-order valence-corrected chi connectivity index (χ4v) is 3.34. The first-order chi connectivity index (χ1) is 9.77. The summed E-state index contributed by atoms with van der Waals surface area (Å²) < 4.78 is 0. The van der Waals surface area contributed by atoms with Gasteiger partial charge in [0.1, 0.15) is 6.04 Å². The first-order valence-electron chi connectivity index (χ1n) is 7.91. The lowest BCUT2D eigenvalue weighted by Crippen LogP contribution is -2.53. The molecule has 2 aliphatic rings. The summed E-state index contributed by atoms with van der Waals surface area (Å²) in [6.07, 6.45) is 4.62. The second kappa shape index (κ2) is 6.16. The molecule has 1 unspecified atom stereocenters. The number of piperidine rings is 1. The van der Waals surface area contributed by atoms with Crippen LogP contribution < -0.4 is 10.6 Å². The summed E-state index contributed by atoms with van der Waals surface area (Å²) in [6.45, 7) is 6.75. The predicted octanol–water partition coefficient (Wildman–Crippen LogP) is 1.76. The average molecular weight is 294 g/mol. The average Bonchev–Trinajstić information content (AvgIpc) is 2.41. The lowest BCUT2D eigenvalue weighted by Gasteiger charge is -2.36. The predicted molar refractivity (Wildman–Crippen MR) is 79.2 cm³/mol. The van der Waals surface area contributed by atoms with Gasteiger partial charge in [-0.05, 0) is 43.4 Å². The largest absolute Gasteiger partial charge is 0.344 e. The molecule has 2 fully saturated rings. The molecular formula is C16H26N2O3. The van der Waals surface area contributed by atoms with E-state index in [1.165, 1.54) is 0 Å². The Hall–Kier alpha value is -1.39. The second-order valence-corrected chi connectivity index (χ2v) is 7.43. The van der Waals surface area contributed by atoms with E-state index in [1.807, 2.05) is 0 Å². The number of carbonyl (C=O) groups is 3. The lowest BCUT2D eigenvalue weighted by molar-refractivity contribution is -0.138. The van der Waals surface area contributed by atoms with Crippen molar-refractivity contribution in [1.82, 2.24) is 10.6 Å². The van der Waals surface area contributed by atoms with Crippen LogP contribution in [0.15, 0.2) is 0 Å². The molecule has 1 aliphatic carbocycles. The third kappa shape index (κ3) is 4.05. The molecule has 0 bridgehead atoms. The Morgan fingerprint density at radius 3 is 2.24 bits per heavy atom. The van der Waals surface area contributed by atoms with Gasteiger partial charge in [-0.1, -0.05) is 20.8 Å². The van der Waals surface area contributed by atoms with E-state index in [4.69, 9.17) is 0 Å². The third-order valence-electron chi connectivity index (χ3n) is 4.88. The van der Waals surface area contributed by atoms with Crippen LogP contribution in [0.4, 0.5) is 0 Å². The summed E-state index contributed by atoms with van der Waals surface area (Å²) in [6, 6.07) is -0.546. The topological polar surface area (TPSA) is 75.3 Å². The van der Waals surface area contributed by atoms with Crippen LogP contribution in [-0.4, -0.2) is 23.8 Å². The number of amides is 3. The molecule has 2 N–H and O–H groups in total. The molecule has 5 heteroatoms. The molecule has 0 aromatic heterocycles. The molecule has 21 heavy (non-hydrogen) atoms. The normalized spacial score (nSPS) is 30.7. The van der Waals surface area contributed by atoms with Gasteiger partial charge in [0.05, 0.1) is 0 Å². The van der Waals surface area contributed by atoms with Gasteiger partial charge in [-0.15, -0.1) is 0 Å². The van der Waals surface area contributed by atoms with Gasteiger partial charge in [0.15, 0.2) is 0 Å². The fraction of sp³-hybridized carbons (Fsp3) is 0.812. The number of hydrogen-bond donors (Lipinski definition) is 2. The summed E-state index contributed by atoms with van der Waals surface area (Å²) in [5.41, 5.74) is 0.297. The highest BCUT2D eigenvalue weighted by atomic mass is 16.2. The first kappa shape index (κ1) is 16.0. The van der Waals surface area contributed by atoms with Gasteiger partial charge >= 0.3 is 0 Å². The minimum Gasteiger partial charge on any atom is -0.344 e. The van der Waals surface area contributed by atoms with Crippen molar-refractivity contribution in [2.75, 3.05) is 0 Å². The zero-order chi connectivity index (χ0) is 15.6. The van der Waals surface area contributed by atoms with Crippen molar-refractivity contribution < 1.29 is 14.4 Å². The molecule has 1 saturated heterocycles. The van der Waals surface area contributed by atoms with Gasteiger partial charge < -0.3 is 5.32 Å². The van der Waals surface area contributed by atoms with E-state index in [9.17, 15) is 14.4 Å². The Morgan fingerprint density at radius 2 is 1.71 bits per heavy atom. The number of imide groups is 1. The molecule has 1 aliphatic heterocycles. The van der Waals surface area contributed by atoms with Crippen LogP contribution in [0.3, 0.4) is 0 Å². The summed E-state index contributed by atoms with van der Waals surface area (Å²) in [5.74, 6) is 0.0159. The van der Waals surface area contributed by atoms with Crippen molar-refractivity contribution in [2.24, 2.45) is 17.3 Å². The molecule has 3 amide bonds. The van der Waals surface area contributed by atoms with Crippen LogP contribution >= 0.6 is 0 Å². The number of carbonyl (C=O) groups excluding carboxylic acids is 3. The van der Waals surface area contributed by atoms with Crippen LogP contribution in [0.5, 0.6) is 0 Å². The molecule has 0 aromatic carbocycles. The highest BCUT2D eigenvalue weighted by Gasteiger charge is 2.34. The van der Waals surface area contributed by atoms with Gasteiger partial charge in [0.25, 0.3) is 0 Å². The third-order valence-corrected chi connectivity index (χ3v) is 4.88. The van der Waals surface area contributed by atoms with E-state index in [-0.39, 0.29) is 23.6 Å². The maximum atomic E-state index is 12.3. The SMILES string of the molecule is CC(C)(C)C1CCC(C(=O)NC2CCC(=O)NC2=O)CC1. The molecule has 1 heterocycles. The van der Waals surface area contributed by atoms with E-state index in [0.717, 1.165) is 25.7 Å². The summed E-state index contributed by atoms with van der Waals surface area (Å²) >= 11 is 0.